The van der Waals surface area contributed by atoms with Gasteiger partial charge in [0.2, 0.25) is 0 Å². The summed E-state index contributed by atoms with van der Waals surface area (Å²) in [5.74, 6) is 2.43. The van der Waals surface area contributed by atoms with Gasteiger partial charge in [-0.05, 0) is 56.7 Å². The highest BCUT2D eigenvalue weighted by molar-refractivity contribution is 5.38. The van der Waals surface area contributed by atoms with Gasteiger partial charge in [-0.3, -0.25) is 9.88 Å². The maximum absolute atomic E-state index is 10.6. The Labute approximate surface area is 160 Å². The molecule has 0 bridgehead atoms. The van der Waals surface area contributed by atoms with Gasteiger partial charge in [0, 0.05) is 37.1 Å². The van der Waals surface area contributed by atoms with Crippen LogP contribution in [-0.4, -0.2) is 45.3 Å². The van der Waals surface area contributed by atoms with Gasteiger partial charge < -0.3 is 15.6 Å². The van der Waals surface area contributed by atoms with Gasteiger partial charge in [0.15, 0.2) is 0 Å². The van der Waals surface area contributed by atoms with E-state index in [1.165, 1.54) is 0 Å². The Kier molecular flexibility index (Phi) is 5.02. The summed E-state index contributed by atoms with van der Waals surface area (Å²) in [4.78, 5) is 11.1. The molecular weight excluding hydrogens is 340 g/mol. The van der Waals surface area contributed by atoms with Crippen molar-refractivity contribution in [1.29, 1.82) is 0 Å². The lowest BCUT2D eigenvalue weighted by Crippen LogP contribution is -2.42. The molecule has 0 unspecified atom stereocenters. The minimum Gasteiger partial charge on any atom is -0.486 e. The molecule has 1 aliphatic carbocycles. The Bertz CT molecular complexity index is 813. The molecule has 3 N–H and O–H groups in total. The number of pyridine rings is 2. The van der Waals surface area contributed by atoms with Gasteiger partial charge in [0.05, 0.1) is 11.8 Å². The zero-order valence-electron chi connectivity index (χ0n) is 16.0. The van der Waals surface area contributed by atoms with Crippen LogP contribution in [-0.2, 0) is 6.54 Å². The fourth-order valence-electron chi connectivity index (χ4n) is 4.53. The van der Waals surface area contributed by atoms with E-state index in [0.717, 1.165) is 55.2 Å². The highest BCUT2D eigenvalue weighted by atomic mass is 16.5. The third-order valence-corrected chi connectivity index (χ3v) is 5.94. The number of aryl methyl sites for hydroxylation is 2. The van der Waals surface area contributed by atoms with Crippen LogP contribution in [0.1, 0.15) is 29.8 Å². The summed E-state index contributed by atoms with van der Waals surface area (Å²) in [6.45, 7) is 6.74. The van der Waals surface area contributed by atoms with Gasteiger partial charge in [0.25, 0.3) is 0 Å². The van der Waals surface area contributed by atoms with E-state index < -0.39 is 6.10 Å². The number of ether oxygens (including phenoxy) is 1. The molecule has 2 aromatic heterocycles. The number of anilines is 1. The van der Waals surface area contributed by atoms with E-state index in [-0.39, 0.29) is 6.10 Å². The summed E-state index contributed by atoms with van der Waals surface area (Å²) >= 11 is 0. The smallest absolute Gasteiger partial charge is 0.141 e. The Hall–Kier alpha value is -2.18. The topological polar surface area (TPSA) is 84.5 Å². The van der Waals surface area contributed by atoms with Crippen LogP contribution in [0.15, 0.2) is 30.5 Å². The highest BCUT2D eigenvalue weighted by Crippen LogP contribution is 2.38. The molecule has 6 heteroatoms. The number of aliphatic hydroxyl groups excluding tert-OH is 1. The van der Waals surface area contributed by atoms with Crippen LogP contribution < -0.4 is 10.5 Å². The van der Waals surface area contributed by atoms with E-state index in [1.807, 2.05) is 38.1 Å². The number of aliphatic hydroxyl groups is 1. The predicted molar refractivity (Wildman–Crippen MR) is 104 cm³/mol. The summed E-state index contributed by atoms with van der Waals surface area (Å²) in [5, 5.41) is 10.6. The number of nitrogens with zero attached hydrogens (tertiary/aromatic N) is 3. The van der Waals surface area contributed by atoms with E-state index >= 15 is 0 Å². The maximum atomic E-state index is 10.6. The van der Waals surface area contributed by atoms with Crippen LogP contribution in [0.5, 0.6) is 5.75 Å². The molecule has 2 aromatic rings. The Morgan fingerprint density at radius 2 is 1.96 bits per heavy atom. The summed E-state index contributed by atoms with van der Waals surface area (Å²) in [5.41, 5.74) is 8.93. The lowest BCUT2D eigenvalue weighted by Gasteiger charge is -2.35. The number of likely N-dealkylation sites (tertiary alicyclic amines) is 1. The van der Waals surface area contributed by atoms with Crippen LogP contribution in [0.25, 0.3) is 0 Å². The molecule has 2 aliphatic rings. The first kappa shape index (κ1) is 18.2. The molecule has 0 radical (unpaired) electrons. The average molecular weight is 368 g/mol. The number of rotatable bonds is 4. The Balaban J connectivity index is 1.40. The Morgan fingerprint density at radius 1 is 1.19 bits per heavy atom. The van der Waals surface area contributed by atoms with Crippen LogP contribution in [0.4, 0.5) is 5.82 Å². The van der Waals surface area contributed by atoms with Crippen LogP contribution in [0.3, 0.4) is 0 Å². The van der Waals surface area contributed by atoms with E-state index in [1.54, 1.807) is 6.20 Å². The van der Waals surface area contributed by atoms with Gasteiger partial charge in [-0.2, -0.15) is 0 Å². The second-order valence-electron chi connectivity index (χ2n) is 7.99. The second-order valence-corrected chi connectivity index (χ2v) is 7.99. The van der Waals surface area contributed by atoms with Crippen molar-refractivity contribution in [3.63, 3.8) is 0 Å². The average Bonchev–Trinajstić information content (AvgIpc) is 3.00. The van der Waals surface area contributed by atoms with Crippen molar-refractivity contribution in [1.82, 2.24) is 14.9 Å². The van der Waals surface area contributed by atoms with Crippen molar-refractivity contribution in [3.8, 4) is 5.75 Å². The molecule has 1 aliphatic heterocycles. The van der Waals surface area contributed by atoms with E-state index in [0.29, 0.717) is 17.7 Å². The van der Waals surface area contributed by atoms with Crippen LogP contribution >= 0.6 is 0 Å². The molecule has 1 saturated carbocycles. The largest absolute Gasteiger partial charge is 0.486 e. The number of fused-ring (bicyclic) bond motifs is 1. The van der Waals surface area contributed by atoms with Gasteiger partial charge >= 0.3 is 0 Å². The van der Waals surface area contributed by atoms with Crippen LogP contribution in [0, 0.1) is 25.7 Å². The molecule has 2 fully saturated rings. The van der Waals surface area contributed by atoms with Crippen molar-refractivity contribution in [2.75, 3.05) is 18.8 Å². The zero-order valence-corrected chi connectivity index (χ0v) is 16.0. The highest BCUT2D eigenvalue weighted by Gasteiger charge is 2.42. The summed E-state index contributed by atoms with van der Waals surface area (Å²) < 4.78 is 6.17. The molecule has 6 nitrogen and oxygen atoms in total. The molecule has 4 atom stereocenters. The standard InChI is InChI=1S/C21H28N4O2/c1-13-5-6-19(14(2)24-13)27-20-9-17-12-25(11-16(17)8-18(20)26)10-15-4-3-7-23-21(15)22/h3-7,16-18,20,26H,8-12H2,1-2H3,(H2,22,23)/t16-,17+,18+,20+/m0/s1. The SMILES string of the molecule is Cc1ccc(O[C@@H]2C[C@@H]3CN(Cc4cccnc4N)C[C@@H]3C[C@H]2O)c(C)n1. The lowest BCUT2D eigenvalue weighted by molar-refractivity contribution is -0.0236. The molecule has 144 valence electrons. The Morgan fingerprint density at radius 3 is 2.70 bits per heavy atom. The second kappa shape index (κ2) is 7.44. The van der Waals surface area contributed by atoms with Crippen molar-refractivity contribution >= 4 is 5.82 Å². The summed E-state index contributed by atoms with van der Waals surface area (Å²) in [6, 6.07) is 7.89. The third kappa shape index (κ3) is 3.92. The number of nitrogens with two attached hydrogens (primary N) is 1. The molecule has 1 saturated heterocycles. The van der Waals surface area contributed by atoms with E-state index in [9.17, 15) is 5.11 Å². The lowest BCUT2D eigenvalue weighted by atomic mass is 9.78. The first-order chi connectivity index (χ1) is 13.0. The minimum absolute atomic E-state index is 0.169. The number of hydrogen-bond donors (Lipinski definition) is 2. The minimum atomic E-state index is -0.435. The predicted octanol–water partition coefficient (Wildman–Crippen LogP) is 2.33. The monoisotopic (exact) mass is 368 g/mol. The zero-order chi connectivity index (χ0) is 19.0. The summed E-state index contributed by atoms with van der Waals surface area (Å²) in [7, 11) is 0. The molecule has 3 heterocycles. The van der Waals surface area contributed by atoms with Crippen molar-refractivity contribution < 1.29 is 9.84 Å². The first-order valence-electron chi connectivity index (χ1n) is 9.70. The molecular formula is C21H28N4O2. The quantitative estimate of drug-likeness (QED) is 0.862. The molecule has 0 aromatic carbocycles. The van der Waals surface area contributed by atoms with Gasteiger partial charge in [0.1, 0.15) is 17.7 Å². The van der Waals surface area contributed by atoms with E-state index in [2.05, 4.69) is 14.9 Å². The fraction of sp³-hybridized carbons (Fsp3) is 0.524. The molecule has 27 heavy (non-hydrogen) atoms. The first-order valence-corrected chi connectivity index (χ1v) is 9.70. The number of hydrogen-bond acceptors (Lipinski definition) is 6. The van der Waals surface area contributed by atoms with Crippen molar-refractivity contribution in [2.45, 2.75) is 45.4 Å². The number of aromatic nitrogens is 2. The van der Waals surface area contributed by atoms with Crippen molar-refractivity contribution in [2.24, 2.45) is 11.8 Å². The molecule has 0 spiro atoms. The van der Waals surface area contributed by atoms with Gasteiger partial charge in [-0.1, -0.05) is 6.07 Å². The van der Waals surface area contributed by atoms with E-state index in [4.69, 9.17) is 10.5 Å². The maximum Gasteiger partial charge on any atom is 0.141 e. The normalized spacial score (nSPS) is 28.1. The van der Waals surface area contributed by atoms with Crippen molar-refractivity contribution in [3.05, 3.63) is 47.4 Å². The van der Waals surface area contributed by atoms with Gasteiger partial charge in [-0.15, -0.1) is 0 Å². The van der Waals surface area contributed by atoms with Crippen LogP contribution in [0.2, 0.25) is 0 Å². The number of nitrogen functional groups attached to an aromatic ring is 1. The molecule has 4 rings (SSSR count). The molecule has 0 amide bonds. The fourth-order valence-corrected chi connectivity index (χ4v) is 4.53. The van der Waals surface area contributed by atoms with Gasteiger partial charge in [-0.25, -0.2) is 4.98 Å². The summed E-state index contributed by atoms with van der Waals surface area (Å²) in [6.07, 6.45) is 2.78. The third-order valence-electron chi connectivity index (χ3n) is 5.94.